The summed E-state index contributed by atoms with van der Waals surface area (Å²) in [6, 6.07) is 5.72. The van der Waals surface area contributed by atoms with Gasteiger partial charge in [0, 0.05) is 0 Å². The molecule has 0 radical (unpaired) electrons. The Morgan fingerprint density at radius 1 is 1.14 bits per heavy atom. The molecular formula is C21H19I2NO2SeSi. The van der Waals surface area contributed by atoms with Gasteiger partial charge in [-0.05, 0) is 0 Å². The minimum atomic E-state index is -2.22. The van der Waals surface area contributed by atoms with E-state index in [1.165, 1.54) is 21.2 Å². The summed E-state index contributed by atoms with van der Waals surface area (Å²) >= 11 is 5.04. The molecule has 1 aromatic heterocycles. The van der Waals surface area contributed by atoms with Gasteiger partial charge in [0.2, 0.25) is 0 Å². The van der Waals surface area contributed by atoms with Gasteiger partial charge in [0.1, 0.15) is 0 Å². The van der Waals surface area contributed by atoms with E-state index >= 15 is 0 Å². The van der Waals surface area contributed by atoms with Gasteiger partial charge in [-0.25, -0.2) is 0 Å². The minimum absolute atomic E-state index is 0.0452. The van der Waals surface area contributed by atoms with Crippen molar-refractivity contribution in [1.82, 2.24) is 0 Å². The van der Waals surface area contributed by atoms with E-state index in [0.717, 1.165) is 34.2 Å². The molecule has 0 atom stereocenters. The van der Waals surface area contributed by atoms with Crippen molar-refractivity contribution in [2.24, 2.45) is 4.99 Å². The summed E-state index contributed by atoms with van der Waals surface area (Å²) in [5.74, 6) is 0.392. The first-order chi connectivity index (χ1) is 13.3. The number of hydrogen-bond acceptors (Lipinski definition) is 3. The van der Waals surface area contributed by atoms with E-state index in [-0.39, 0.29) is 20.3 Å². The molecule has 2 aromatic rings. The molecule has 0 spiro atoms. The molecule has 2 aliphatic rings. The van der Waals surface area contributed by atoms with E-state index in [1.54, 1.807) is 18.2 Å². The number of aromatic hydroxyl groups is 1. The van der Waals surface area contributed by atoms with Gasteiger partial charge in [0.15, 0.2) is 0 Å². The van der Waals surface area contributed by atoms with Crippen LogP contribution < -0.4 is 5.19 Å². The Morgan fingerprint density at radius 3 is 2.46 bits per heavy atom. The van der Waals surface area contributed by atoms with Crippen molar-refractivity contribution in [3.8, 4) is 15.8 Å². The quantitative estimate of drug-likeness (QED) is 0.282. The number of benzene rings is 1. The van der Waals surface area contributed by atoms with Gasteiger partial charge < -0.3 is 0 Å². The van der Waals surface area contributed by atoms with Crippen LogP contribution in [0, 0.1) is 14.1 Å². The van der Waals surface area contributed by atoms with Crippen LogP contribution in [0.4, 0.5) is 5.69 Å². The Labute approximate surface area is 199 Å². The molecule has 28 heavy (non-hydrogen) atoms. The molecule has 0 unspecified atom stereocenters. The predicted octanol–water partition coefficient (Wildman–Crippen LogP) is 5.02. The van der Waals surface area contributed by atoms with E-state index in [1.807, 2.05) is 12.1 Å². The van der Waals surface area contributed by atoms with E-state index in [9.17, 15) is 9.90 Å². The van der Waals surface area contributed by atoms with Gasteiger partial charge in [-0.3, -0.25) is 0 Å². The molecule has 0 saturated heterocycles. The van der Waals surface area contributed by atoms with Gasteiger partial charge in [-0.15, -0.1) is 0 Å². The number of phenolic OH excluding ortho intramolecular Hbond substituents is 1. The van der Waals surface area contributed by atoms with Crippen LogP contribution in [0.5, 0.6) is 5.75 Å². The Balaban J connectivity index is 2.14. The van der Waals surface area contributed by atoms with Gasteiger partial charge in [-0.2, -0.15) is 0 Å². The number of rotatable bonds is 3. The number of aryl methyl sites for hydroxylation is 1. The first kappa shape index (κ1) is 20.8. The van der Waals surface area contributed by atoms with E-state index in [0.29, 0.717) is 5.75 Å². The molecule has 1 aliphatic heterocycles. The van der Waals surface area contributed by atoms with Crippen LogP contribution in [0.15, 0.2) is 40.5 Å². The zero-order valence-corrected chi connectivity index (χ0v) is 22.8. The third-order valence-electron chi connectivity index (χ3n) is 5.75. The number of halogens is 2. The summed E-state index contributed by atoms with van der Waals surface area (Å²) in [7, 11) is -2.22. The fourth-order valence-electron chi connectivity index (χ4n) is 4.29. The van der Waals surface area contributed by atoms with E-state index < -0.39 is 8.07 Å². The van der Waals surface area contributed by atoms with E-state index in [4.69, 9.17) is 4.99 Å². The SMILES string of the molecule is CC[Si]1(CC)C2=CC(=O)C=CC2=Nc2ccc(O)c(-c3[se]c(C)c(I)c3I)c21. The zero-order valence-electron chi connectivity index (χ0n) is 15.8. The van der Waals surface area contributed by atoms with Crippen molar-refractivity contribution in [3.63, 3.8) is 0 Å². The summed E-state index contributed by atoms with van der Waals surface area (Å²) in [4.78, 5) is 17.2. The predicted molar refractivity (Wildman–Crippen MR) is 136 cm³/mol. The van der Waals surface area contributed by atoms with Crippen molar-refractivity contribution >= 4 is 90.1 Å². The van der Waals surface area contributed by atoms with Crippen LogP contribution in [-0.2, 0) is 4.79 Å². The molecule has 0 saturated carbocycles. The van der Waals surface area contributed by atoms with Crippen molar-refractivity contribution < 1.29 is 9.90 Å². The number of aliphatic imine (C=N–C) groups is 1. The van der Waals surface area contributed by atoms with Crippen LogP contribution in [0.3, 0.4) is 0 Å². The Kier molecular flexibility index (Phi) is 5.67. The fourth-order valence-corrected chi connectivity index (χ4v) is 14.1. The van der Waals surface area contributed by atoms with E-state index in [2.05, 4.69) is 66.0 Å². The summed E-state index contributed by atoms with van der Waals surface area (Å²) in [6.07, 6.45) is 5.29. The number of nitrogens with zero attached hydrogens (tertiary/aromatic N) is 1. The van der Waals surface area contributed by atoms with Gasteiger partial charge in [-0.1, -0.05) is 0 Å². The second kappa shape index (κ2) is 7.65. The second-order valence-corrected chi connectivity index (χ2v) is 16.4. The van der Waals surface area contributed by atoms with Crippen LogP contribution in [-0.4, -0.2) is 39.2 Å². The zero-order chi connectivity index (χ0) is 20.2. The Hall–Kier alpha value is -0.484. The molecule has 0 bridgehead atoms. The van der Waals surface area contributed by atoms with Crippen molar-refractivity contribution in [1.29, 1.82) is 0 Å². The first-order valence-corrected chi connectivity index (χ1v) is 15.5. The maximum atomic E-state index is 12.2. The molecule has 7 heteroatoms. The third kappa shape index (κ3) is 3.00. The molecular weight excluding hydrogens is 659 g/mol. The number of phenols is 1. The molecule has 0 amide bonds. The second-order valence-electron chi connectivity index (χ2n) is 7.05. The van der Waals surface area contributed by atoms with Gasteiger partial charge in [0.05, 0.1) is 0 Å². The monoisotopic (exact) mass is 679 g/mol. The number of ketones is 1. The van der Waals surface area contributed by atoms with Crippen molar-refractivity contribution in [2.45, 2.75) is 32.9 Å². The summed E-state index contributed by atoms with van der Waals surface area (Å²) in [5.41, 5.74) is 2.90. The number of allylic oxidation sites excluding steroid dienone is 4. The molecule has 1 aromatic carbocycles. The third-order valence-corrected chi connectivity index (χ3v) is 18.5. The first-order valence-electron chi connectivity index (χ1n) is 9.18. The maximum absolute atomic E-state index is 12.2. The van der Waals surface area contributed by atoms with Crippen molar-refractivity contribution in [3.05, 3.63) is 47.1 Å². The molecule has 144 valence electrons. The van der Waals surface area contributed by atoms with Crippen molar-refractivity contribution in [2.75, 3.05) is 0 Å². The van der Waals surface area contributed by atoms with Crippen LogP contribution in [0.1, 0.15) is 18.3 Å². The molecule has 3 nitrogen and oxygen atoms in total. The van der Waals surface area contributed by atoms with Crippen LogP contribution >= 0.6 is 45.2 Å². The van der Waals surface area contributed by atoms with Gasteiger partial charge >= 0.3 is 201 Å². The average Bonchev–Trinajstić information content (AvgIpc) is 2.94. The molecule has 4 rings (SSSR count). The van der Waals surface area contributed by atoms with Gasteiger partial charge in [0.25, 0.3) is 0 Å². The summed E-state index contributed by atoms with van der Waals surface area (Å²) in [5, 5.41) is 13.4. The standard InChI is InChI=1S/C21H19I2NO2SeSi/c1-4-28(5-2)16-10-12(25)6-7-13(16)24-14-8-9-15(26)17(21(14)28)20-19(23)18(22)11(3)27-20/h6-10,26H,4-5H2,1-3H3. The molecule has 0 fully saturated rings. The number of fused-ring (bicyclic) bond motifs is 2. The van der Waals surface area contributed by atoms with Crippen LogP contribution in [0.2, 0.25) is 12.1 Å². The normalized spacial score (nSPS) is 17.1. The average molecular weight is 678 g/mol. The number of carbonyl (C=O) groups excluding carboxylic acids is 1. The molecule has 1 N–H and O–H groups in total. The number of hydrogen-bond donors (Lipinski definition) is 1. The number of carbonyl (C=O) groups is 1. The molecule has 1 aliphatic carbocycles. The van der Waals surface area contributed by atoms with Crippen LogP contribution in [0.25, 0.3) is 10.0 Å². The Morgan fingerprint density at radius 2 is 1.86 bits per heavy atom. The molecule has 2 heterocycles. The Bertz CT molecular complexity index is 1110. The topological polar surface area (TPSA) is 49.7 Å². The fraction of sp³-hybridized carbons (Fsp3) is 0.238. The summed E-state index contributed by atoms with van der Waals surface area (Å²) < 4.78 is 5.22. The summed E-state index contributed by atoms with van der Waals surface area (Å²) in [6.45, 7) is 6.65.